The molecule has 18 heavy (non-hydrogen) atoms. The average molecular weight is 257 g/mol. The first-order valence-electron chi connectivity index (χ1n) is 6.06. The summed E-state index contributed by atoms with van der Waals surface area (Å²) < 4.78 is 0. The Morgan fingerprint density at radius 1 is 1.56 bits per heavy atom. The van der Waals surface area contributed by atoms with Gasteiger partial charge in [-0.1, -0.05) is 6.92 Å². The first-order chi connectivity index (χ1) is 8.52. The van der Waals surface area contributed by atoms with Gasteiger partial charge in [0.2, 0.25) is 5.91 Å². The molecule has 0 spiro atoms. The lowest BCUT2D eigenvalue weighted by Crippen LogP contribution is -2.51. The summed E-state index contributed by atoms with van der Waals surface area (Å²) in [5, 5.41) is 16.7. The minimum Gasteiger partial charge on any atom is -0.481 e. The number of carboxylic acid groups (broad SMARTS) is 1. The van der Waals surface area contributed by atoms with Crippen LogP contribution < -0.4 is 16.0 Å². The van der Waals surface area contributed by atoms with Crippen LogP contribution in [-0.4, -0.2) is 42.1 Å². The number of carbonyl (C=O) groups is 3. The van der Waals surface area contributed by atoms with Gasteiger partial charge in [0.15, 0.2) is 0 Å². The second kappa shape index (κ2) is 6.83. The third-order valence-electron chi connectivity index (χ3n) is 2.95. The summed E-state index contributed by atoms with van der Waals surface area (Å²) in [4.78, 5) is 33.2. The quantitative estimate of drug-likeness (QED) is 0.541. The molecule has 1 rings (SSSR count). The zero-order valence-corrected chi connectivity index (χ0v) is 10.4. The molecular weight excluding hydrogens is 238 g/mol. The molecule has 1 heterocycles. The van der Waals surface area contributed by atoms with Gasteiger partial charge in [-0.15, -0.1) is 0 Å². The highest BCUT2D eigenvalue weighted by molar-refractivity contribution is 5.78. The smallest absolute Gasteiger partial charge is 0.315 e. The van der Waals surface area contributed by atoms with Crippen LogP contribution in [0.15, 0.2) is 0 Å². The van der Waals surface area contributed by atoms with Crippen molar-refractivity contribution in [2.75, 3.05) is 13.1 Å². The third-order valence-corrected chi connectivity index (χ3v) is 2.95. The van der Waals surface area contributed by atoms with Crippen molar-refractivity contribution in [3.05, 3.63) is 0 Å². The van der Waals surface area contributed by atoms with E-state index >= 15 is 0 Å². The number of carboxylic acids is 1. The molecule has 0 aliphatic carbocycles. The van der Waals surface area contributed by atoms with E-state index in [2.05, 4.69) is 16.0 Å². The number of aliphatic carboxylic acids is 1. The molecule has 4 N–H and O–H groups in total. The number of nitrogens with one attached hydrogen (secondary N) is 3. The SMILES string of the molecule is CCC(CNC(=O)NC1CCC(=O)NC1)C(=O)O. The van der Waals surface area contributed by atoms with Crippen molar-refractivity contribution in [3.63, 3.8) is 0 Å². The van der Waals surface area contributed by atoms with Gasteiger partial charge in [-0.2, -0.15) is 0 Å². The summed E-state index contributed by atoms with van der Waals surface area (Å²) in [6.07, 6.45) is 1.47. The van der Waals surface area contributed by atoms with Crippen LogP contribution in [0.1, 0.15) is 26.2 Å². The Labute approximate surface area is 105 Å². The summed E-state index contributed by atoms with van der Waals surface area (Å²) in [5.74, 6) is -1.49. The fourth-order valence-electron chi connectivity index (χ4n) is 1.71. The molecule has 2 unspecified atom stereocenters. The molecule has 0 bridgehead atoms. The van der Waals surface area contributed by atoms with Crippen LogP contribution in [0.4, 0.5) is 4.79 Å². The number of hydrogen-bond acceptors (Lipinski definition) is 3. The van der Waals surface area contributed by atoms with Gasteiger partial charge in [0, 0.05) is 25.6 Å². The fraction of sp³-hybridized carbons (Fsp3) is 0.727. The maximum absolute atomic E-state index is 11.5. The Morgan fingerprint density at radius 3 is 2.78 bits per heavy atom. The number of urea groups is 1. The molecule has 0 aromatic rings. The van der Waals surface area contributed by atoms with E-state index in [-0.39, 0.29) is 18.5 Å². The Balaban J connectivity index is 2.25. The Hall–Kier alpha value is -1.79. The van der Waals surface area contributed by atoms with Crippen LogP contribution in [-0.2, 0) is 9.59 Å². The Morgan fingerprint density at radius 2 is 2.28 bits per heavy atom. The molecule has 3 amide bonds. The van der Waals surface area contributed by atoms with Crippen LogP contribution in [0.2, 0.25) is 0 Å². The highest BCUT2D eigenvalue weighted by Gasteiger charge is 2.20. The van der Waals surface area contributed by atoms with E-state index in [0.717, 1.165) is 0 Å². The molecule has 7 heteroatoms. The first-order valence-corrected chi connectivity index (χ1v) is 6.06. The minimum absolute atomic E-state index is 0.00891. The zero-order valence-electron chi connectivity index (χ0n) is 10.4. The van der Waals surface area contributed by atoms with E-state index in [1.54, 1.807) is 6.92 Å². The normalized spacial score (nSPS) is 20.7. The molecule has 2 atom stereocenters. The van der Waals surface area contributed by atoms with Gasteiger partial charge in [-0.25, -0.2) is 4.79 Å². The van der Waals surface area contributed by atoms with E-state index in [1.807, 2.05) is 0 Å². The third kappa shape index (κ3) is 4.60. The second-order valence-corrected chi connectivity index (χ2v) is 4.34. The van der Waals surface area contributed by atoms with Crippen molar-refractivity contribution in [2.24, 2.45) is 5.92 Å². The highest BCUT2D eigenvalue weighted by Crippen LogP contribution is 2.03. The van der Waals surface area contributed by atoms with Crippen LogP contribution in [0.5, 0.6) is 0 Å². The van der Waals surface area contributed by atoms with Gasteiger partial charge < -0.3 is 21.1 Å². The molecule has 102 valence electrons. The van der Waals surface area contributed by atoms with E-state index in [9.17, 15) is 14.4 Å². The molecule has 0 radical (unpaired) electrons. The molecule has 1 aliphatic rings. The largest absolute Gasteiger partial charge is 0.481 e. The summed E-state index contributed by atoms with van der Waals surface area (Å²) >= 11 is 0. The lowest BCUT2D eigenvalue weighted by atomic mass is 10.1. The first kappa shape index (κ1) is 14.3. The predicted octanol–water partition coefficient (Wildman–Crippen LogP) is -0.325. The van der Waals surface area contributed by atoms with Crippen molar-refractivity contribution < 1.29 is 19.5 Å². The minimum atomic E-state index is -0.914. The summed E-state index contributed by atoms with van der Waals surface area (Å²) in [7, 11) is 0. The Bertz CT molecular complexity index is 322. The molecule has 7 nitrogen and oxygen atoms in total. The highest BCUT2D eigenvalue weighted by atomic mass is 16.4. The summed E-state index contributed by atoms with van der Waals surface area (Å²) in [6, 6.07) is -0.483. The number of amides is 3. The van der Waals surface area contributed by atoms with Gasteiger partial charge in [0.25, 0.3) is 0 Å². The standard InChI is InChI=1S/C11H19N3O4/c1-2-7(10(16)17)5-13-11(18)14-8-3-4-9(15)12-6-8/h7-8H,2-6H2,1H3,(H,12,15)(H,16,17)(H2,13,14,18). The molecule has 1 saturated heterocycles. The summed E-state index contributed by atoms with van der Waals surface area (Å²) in [5.41, 5.74) is 0. The number of rotatable bonds is 5. The molecule has 1 aliphatic heterocycles. The van der Waals surface area contributed by atoms with Crippen LogP contribution in [0, 0.1) is 5.92 Å². The van der Waals surface area contributed by atoms with Gasteiger partial charge in [0.1, 0.15) is 0 Å². The van der Waals surface area contributed by atoms with Crippen molar-refractivity contribution in [1.82, 2.24) is 16.0 Å². The second-order valence-electron chi connectivity index (χ2n) is 4.34. The number of hydrogen-bond donors (Lipinski definition) is 4. The zero-order chi connectivity index (χ0) is 13.5. The lowest BCUT2D eigenvalue weighted by Gasteiger charge is -2.23. The number of carbonyl (C=O) groups excluding carboxylic acids is 2. The Kier molecular flexibility index (Phi) is 5.41. The monoisotopic (exact) mass is 257 g/mol. The average Bonchev–Trinajstić information content (AvgIpc) is 2.32. The molecular formula is C11H19N3O4. The maximum atomic E-state index is 11.5. The van der Waals surface area contributed by atoms with Crippen molar-refractivity contribution in [2.45, 2.75) is 32.2 Å². The van der Waals surface area contributed by atoms with Gasteiger partial charge >= 0.3 is 12.0 Å². The molecule has 0 saturated carbocycles. The van der Waals surface area contributed by atoms with Gasteiger partial charge in [0.05, 0.1) is 5.92 Å². The van der Waals surface area contributed by atoms with E-state index in [0.29, 0.717) is 25.8 Å². The lowest BCUT2D eigenvalue weighted by molar-refractivity contribution is -0.141. The van der Waals surface area contributed by atoms with Crippen LogP contribution >= 0.6 is 0 Å². The summed E-state index contributed by atoms with van der Waals surface area (Å²) in [6.45, 7) is 2.29. The number of piperidine rings is 1. The van der Waals surface area contributed by atoms with E-state index in [4.69, 9.17) is 5.11 Å². The molecule has 0 aromatic carbocycles. The molecule has 1 fully saturated rings. The molecule has 0 aromatic heterocycles. The van der Waals surface area contributed by atoms with Gasteiger partial charge in [-0.3, -0.25) is 9.59 Å². The van der Waals surface area contributed by atoms with Crippen LogP contribution in [0.3, 0.4) is 0 Å². The van der Waals surface area contributed by atoms with Crippen molar-refractivity contribution >= 4 is 17.9 Å². The van der Waals surface area contributed by atoms with Crippen molar-refractivity contribution in [3.8, 4) is 0 Å². The van der Waals surface area contributed by atoms with E-state index in [1.165, 1.54) is 0 Å². The van der Waals surface area contributed by atoms with E-state index < -0.39 is 17.9 Å². The van der Waals surface area contributed by atoms with Crippen molar-refractivity contribution in [1.29, 1.82) is 0 Å². The maximum Gasteiger partial charge on any atom is 0.315 e. The predicted molar refractivity (Wildman–Crippen MR) is 64.0 cm³/mol. The topological polar surface area (TPSA) is 108 Å². The fourth-order valence-corrected chi connectivity index (χ4v) is 1.71. The van der Waals surface area contributed by atoms with Gasteiger partial charge in [-0.05, 0) is 12.8 Å². The van der Waals surface area contributed by atoms with Crippen LogP contribution in [0.25, 0.3) is 0 Å².